The number of amides is 4. The lowest BCUT2D eigenvalue weighted by atomic mass is 9.75. The van der Waals surface area contributed by atoms with Crippen molar-refractivity contribution in [2.45, 2.75) is 63.8 Å². The molecular weight excluding hydrogens is 530 g/mol. The summed E-state index contributed by atoms with van der Waals surface area (Å²) in [4.78, 5) is 54.7. The smallest absolute Gasteiger partial charge is 0.407 e. The highest BCUT2D eigenvalue weighted by molar-refractivity contribution is 7.16. The van der Waals surface area contributed by atoms with Crippen LogP contribution in [0, 0.1) is 18.6 Å². The molecule has 39 heavy (non-hydrogen) atoms. The number of hydrogen-bond donors (Lipinski definition) is 2. The minimum absolute atomic E-state index is 0.0237. The van der Waals surface area contributed by atoms with Crippen molar-refractivity contribution >= 4 is 45.4 Å². The third kappa shape index (κ3) is 4.42. The van der Waals surface area contributed by atoms with E-state index in [2.05, 4.69) is 15.6 Å². The van der Waals surface area contributed by atoms with Crippen LogP contribution in [0.5, 0.6) is 0 Å². The van der Waals surface area contributed by atoms with E-state index in [1.165, 1.54) is 28.4 Å². The van der Waals surface area contributed by atoms with Gasteiger partial charge in [0.1, 0.15) is 23.8 Å². The van der Waals surface area contributed by atoms with E-state index in [9.17, 15) is 23.6 Å². The standard InChI is InChI=1S/C27H24F2N4O5S/c1-12-17(28)8-19-24(31-11-39-19)21(12)15-6-16(7-15)38-27(37)30-9-13-2-3-14-10-33(26(36)22(14)23(13)29)18-4-5-20(34)32-25(18)35/h2-3,8,11,15-16,18H,4-7,9-10H2,1H3,(H,30,37)(H,32,34,35)/t15?,16?,18-/m1/s1. The summed E-state index contributed by atoms with van der Waals surface area (Å²) < 4.78 is 35.9. The van der Waals surface area contributed by atoms with Crippen molar-refractivity contribution in [3.63, 3.8) is 0 Å². The quantitative estimate of drug-likeness (QED) is 0.463. The van der Waals surface area contributed by atoms with Gasteiger partial charge in [-0.05, 0) is 54.9 Å². The van der Waals surface area contributed by atoms with Crippen molar-refractivity contribution in [1.29, 1.82) is 0 Å². The van der Waals surface area contributed by atoms with Crippen molar-refractivity contribution in [2.24, 2.45) is 0 Å². The van der Waals surface area contributed by atoms with E-state index >= 15 is 4.39 Å². The molecule has 1 saturated heterocycles. The van der Waals surface area contributed by atoms with Crippen LogP contribution in [0.1, 0.15) is 64.2 Å². The summed E-state index contributed by atoms with van der Waals surface area (Å²) >= 11 is 1.38. The first-order valence-electron chi connectivity index (χ1n) is 12.6. The number of benzene rings is 2. The van der Waals surface area contributed by atoms with Gasteiger partial charge < -0.3 is 15.0 Å². The van der Waals surface area contributed by atoms with Crippen LogP contribution in [0.2, 0.25) is 0 Å². The number of nitrogens with zero attached hydrogens (tertiary/aromatic N) is 2. The Bertz CT molecular complexity index is 1550. The number of halogens is 2. The Morgan fingerprint density at radius 3 is 2.82 bits per heavy atom. The third-order valence-electron chi connectivity index (χ3n) is 7.78. The molecule has 1 aromatic heterocycles. The number of imide groups is 1. The van der Waals surface area contributed by atoms with Crippen LogP contribution in [0.4, 0.5) is 13.6 Å². The topological polar surface area (TPSA) is 118 Å². The third-order valence-corrected chi connectivity index (χ3v) is 8.56. The lowest BCUT2D eigenvalue weighted by molar-refractivity contribution is -0.136. The van der Waals surface area contributed by atoms with Crippen LogP contribution in [0.25, 0.3) is 10.2 Å². The predicted molar refractivity (Wildman–Crippen MR) is 136 cm³/mol. The molecule has 9 nitrogen and oxygen atoms in total. The number of nitrogens with one attached hydrogen (secondary N) is 2. The maximum absolute atomic E-state index is 15.3. The van der Waals surface area contributed by atoms with Crippen LogP contribution in [-0.4, -0.2) is 45.8 Å². The normalized spacial score (nSPS) is 22.5. The Hall–Kier alpha value is -3.93. The largest absolute Gasteiger partial charge is 0.446 e. The van der Waals surface area contributed by atoms with Gasteiger partial charge in [-0.3, -0.25) is 19.7 Å². The van der Waals surface area contributed by atoms with E-state index in [1.54, 1.807) is 18.5 Å². The summed E-state index contributed by atoms with van der Waals surface area (Å²) in [5, 5.41) is 4.75. The zero-order chi connectivity index (χ0) is 27.4. The van der Waals surface area contributed by atoms with Crippen molar-refractivity contribution in [1.82, 2.24) is 20.5 Å². The highest BCUT2D eigenvalue weighted by Crippen LogP contribution is 2.44. The fourth-order valence-corrected chi connectivity index (χ4v) is 6.35. The Morgan fingerprint density at radius 2 is 2.05 bits per heavy atom. The second-order valence-corrected chi connectivity index (χ2v) is 11.0. The summed E-state index contributed by atoms with van der Waals surface area (Å²) in [5.74, 6) is -2.60. The van der Waals surface area contributed by atoms with E-state index in [-0.39, 0.29) is 54.9 Å². The van der Waals surface area contributed by atoms with Gasteiger partial charge in [-0.2, -0.15) is 0 Å². The number of carbonyl (C=O) groups is 4. The number of thiazole rings is 1. The van der Waals surface area contributed by atoms with E-state index < -0.39 is 35.7 Å². The van der Waals surface area contributed by atoms with Gasteiger partial charge in [0.15, 0.2) is 0 Å². The molecule has 1 aliphatic carbocycles. The second kappa shape index (κ2) is 9.67. The van der Waals surface area contributed by atoms with E-state index in [4.69, 9.17) is 4.74 Å². The number of hydrogen-bond acceptors (Lipinski definition) is 7. The number of rotatable bonds is 5. The molecule has 202 valence electrons. The molecule has 0 radical (unpaired) electrons. The summed E-state index contributed by atoms with van der Waals surface area (Å²) in [7, 11) is 0. The van der Waals surface area contributed by atoms with Gasteiger partial charge in [0, 0.05) is 25.1 Å². The Morgan fingerprint density at radius 1 is 1.26 bits per heavy atom. The first-order chi connectivity index (χ1) is 18.7. The Labute approximate surface area is 225 Å². The lowest BCUT2D eigenvalue weighted by Crippen LogP contribution is -2.52. The fourth-order valence-electron chi connectivity index (χ4n) is 5.64. The average molecular weight is 555 g/mol. The van der Waals surface area contributed by atoms with Crippen molar-refractivity contribution in [3.05, 3.63) is 63.2 Å². The van der Waals surface area contributed by atoms with Gasteiger partial charge in [0.05, 0.1) is 21.3 Å². The molecule has 6 rings (SSSR count). The van der Waals surface area contributed by atoms with Crippen LogP contribution < -0.4 is 10.6 Å². The Kier molecular flexibility index (Phi) is 6.29. The van der Waals surface area contributed by atoms with Crippen molar-refractivity contribution in [3.8, 4) is 0 Å². The molecule has 1 atom stereocenters. The summed E-state index contributed by atoms with van der Waals surface area (Å²) in [6.07, 6.45) is 0.269. The van der Waals surface area contributed by atoms with E-state index in [0.717, 1.165) is 15.8 Å². The first kappa shape index (κ1) is 25.4. The zero-order valence-electron chi connectivity index (χ0n) is 20.9. The maximum Gasteiger partial charge on any atom is 0.407 e. The number of fused-ring (bicyclic) bond motifs is 2. The molecule has 2 aliphatic heterocycles. The second-order valence-electron chi connectivity index (χ2n) is 10.1. The average Bonchev–Trinajstić information content (AvgIpc) is 3.46. The lowest BCUT2D eigenvalue weighted by Gasteiger charge is -2.35. The Balaban J connectivity index is 1.06. The minimum Gasteiger partial charge on any atom is -0.446 e. The monoisotopic (exact) mass is 554 g/mol. The molecule has 0 bridgehead atoms. The maximum atomic E-state index is 15.3. The molecule has 12 heteroatoms. The SMILES string of the molecule is Cc1c(F)cc2scnc2c1C1CC(OC(=O)NCc2ccc3c(c2F)C(=O)N([C@@H]2CCC(=O)NC2=O)C3)C1. The van der Waals surface area contributed by atoms with Gasteiger partial charge in [-0.1, -0.05) is 12.1 Å². The number of carbonyl (C=O) groups excluding carboxylic acids is 4. The van der Waals surface area contributed by atoms with Crippen LogP contribution in [0.15, 0.2) is 23.7 Å². The molecule has 1 saturated carbocycles. The van der Waals surface area contributed by atoms with Gasteiger partial charge in [0.2, 0.25) is 11.8 Å². The summed E-state index contributed by atoms with van der Waals surface area (Å²) in [5.41, 5.74) is 4.29. The van der Waals surface area contributed by atoms with Crippen LogP contribution in [-0.2, 0) is 27.4 Å². The molecule has 2 aromatic carbocycles. The molecule has 3 aliphatic rings. The van der Waals surface area contributed by atoms with Crippen molar-refractivity contribution in [2.75, 3.05) is 0 Å². The number of aromatic nitrogens is 1. The molecule has 3 aromatic rings. The fraction of sp³-hybridized carbons (Fsp3) is 0.370. The van der Waals surface area contributed by atoms with Gasteiger partial charge in [-0.25, -0.2) is 18.6 Å². The molecule has 0 unspecified atom stereocenters. The van der Waals surface area contributed by atoms with Crippen LogP contribution in [0.3, 0.4) is 0 Å². The highest BCUT2D eigenvalue weighted by Gasteiger charge is 2.41. The summed E-state index contributed by atoms with van der Waals surface area (Å²) in [6.45, 7) is 1.60. The van der Waals surface area contributed by atoms with E-state index in [1.807, 2.05) is 0 Å². The molecule has 0 spiro atoms. The van der Waals surface area contributed by atoms with Crippen molar-refractivity contribution < 1.29 is 32.7 Å². The molecule has 2 N–H and O–H groups in total. The van der Waals surface area contributed by atoms with E-state index in [0.29, 0.717) is 24.0 Å². The minimum atomic E-state index is -0.840. The number of ether oxygens (including phenoxy) is 1. The number of alkyl carbamates (subject to hydrolysis) is 1. The summed E-state index contributed by atoms with van der Waals surface area (Å²) in [6, 6.07) is 3.74. The molecule has 2 fully saturated rings. The van der Waals surface area contributed by atoms with Gasteiger partial charge in [-0.15, -0.1) is 11.3 Å². The van der Waals surface area contributed by atoms with Gasteiger partial charge in [0.25, 0.3) is 5.91 Å². The zero-order valence-corrected chi connectivity index (χ0v) is 21.7. The molecule has 3 heterocycles. The highest BCUT2D eigenvalue weighted by atomic mass is 32.1. The van der Waals surface area contributed by atoms with Gasteiger partial charge >= 0.3 is 6.09 Å². The molecular formula is C27H24F2N4O5S. The molecule has 4 amide bonds. The predicted octanol–water partition coefficient (Wildman–Crippen LogP) is 3.82. The van der Waals surface area contributed by atoms with Crippen LogP contribution >= 0.6 is 11.3 Å². The number of piperidine rings is 1. The first-order valence-corrected chi connectivity index (χ1v) is 13.5.